The number of carbonyl (C=O) groups is 3. The number of halogens is 1. The first kappa shape index (κ1) is 33.7. The third kappa shape index (κ3) is 7.81. The molecule has 0 saturated carbocycles. The first-order valence-corrected chi connectivity index (χ1v) is 16.1. The van der Waals surface area contributed by atoms with E-state index in [2.05, 4.69) is 16.0 Å². The average molecular weight is 664 g/mol. The van der Waals surface area contributed by atoms with Crippen LogP contribution < -0.4 is 21.5 Å². The number of nitrogens with one attached hydrogen (secondary N) is 3. The predicted octanol–water partition coefficient (Wildman–Crippen LogP) is 6.54. The van der Waals surface area contributed by atoms with Gasteiger partial charge in [-0.05, 0) is 68.0 Å². The molecule has 0 radical (unpaired) electrons. The molecule has 48 heavy (non-hydrogen) atoms. The molecule has 1 aromatic heterocycles. The zero-order valence-electron chi connectivity index (χ0n) is 26.6. The Bertz CT molecular complexity index is 2040. The van der Waals surface area contributed by atoms with E-state index < -0.39 is 22.9 Å². The third-order valence-corrected chi connectivity index (χ3v) is 8.93. The Morgan fingerprint density at radius 2 is 1.54 bits per heavy atom. The van der Waals surface area contributed by atoms with E-state index in [9.17, 15) is 23.6 Å². The standard InChI is InChI=1S/C37H34FN5O4S/c1-4-32(36(46)41-33-24(2)42(3)43(37(33)47)28-18-9-6-10-19-28)48-29-20-13-17-27(23-29)39-35(45)31(22-26-16-11-12-21-30(26)38)40-34(44)25-14-7-5-8-15-25/h5-23,32H,4H2,1-3H3,(H,39,45)(H,40,44)(H,41,46)/b31-22-. The lowest BCUT2D eigenvalue weighted by molar-refractivity contribution is -0.116. The monoisotopic (exact) mass is 663 g/mol. The van der Waals surface area contributed by atoms with E-state index >= 15 is 0 Å². The van der Waals surface area contributed by atoms with E-state index in [1.165, 1.54) is 40.7 Å². The minimum absolute atomic E-state index is 0.126. The van der Waals surface area contributed by atoms with Gasteiger partial charge in [0.25, 0.3) is 17.4 Å². The highest BCUT2D eigenvalue weighted by Crippen LogP contribution is 2.29. The lowest BCUT2D eigenvalue weighted by Gasteiger charge is -2.15. The van der Waals surface area contributed by atoms with Crippen molar-refractivity contribution in [3.8, 4) is 5.69 Å². The largest absolute Gasteiger partial charge is 0.321 e. The highest BCUT2D eigenvalue weighted by molar-refractivity contribution is 8.00. The summed E-state index contributed by atoms with van der Waals surface area (Å²) in [6.45, 7) is 3.64. The molecular formula is C37H34FN5O4S. The van der Waals surface area contributed by atoms with Crippen LogP contribution in [-0.4, -0.2) is 32.3 Å². The Balaban J connectivity index is 1.33. The van der Waals surface area contributed by atoms with Crippen LogP contribution in [0.3, 0.4) is 0 Å². The van der Waals surface area contributed by atoms with Crippen LogP contribution in [0.1, 0.15) is 35.0 Å². The van der Waals surface area contributed by atoms with Gasteiger partial charge in [0, 0.05) is 28.8 Å². The zero-order valence-corrected chi connectivity index (χ0v) is 27.4. The van der Waals surface area contributed by atoms with Gasteiger partial charge in [0.15, 0.2) is 0 Å². The molecule has 5 rings (SSSR count). The van der Waals surface area contributed by atoms with Gasteiger partial charge >= 0.3 is 0 Å². The normalized spacial score (nSPS) is 11.9. The number of carbonyl (C=O) groups excluding carboxylic acids is 3. The number of hydrogen-bond acceptors (Lipinski definition) is 5. The van der Waals surface area contributed by atoms with Gasteiger partial charge in [0.05, 0.1) is 16.6 Å². The van der Waals surface area contributed by atoms with Gasteiger partial charge < -0.3 is 16.0 Å². The summed E-state index contributed by atoms with van der Waals surface area (Å²) in [5, 5.41) is 7.66. The molecule has 0 aliphatic carbocycles. The molecule has 4 aromatic carbocycles. The van der Waals surface area contributed by atoms with Crippen LogP contribution in [0.2, 0.25) is 0 Å². The van der Waals surface area contributed by atoms with Crippen molar-refractivity contribution in [2.24, 2.45) is 7.05 Å². The lowest BCUT2D eigenvalue weighted by Crippen LogP contribution is -2.30. The fourth-order valence-corrected chi connectivity index (χ4v) is 5.95. The highest BCUT2D eigenvalue weighted by atomic mass is 32.2. The molecule has 5 aromatic rings. The van der Waals surface area contributed by atoms with E-state index in [0.29, 0.717) is 33.9 Å². The number of anilines is 2. The predicted molar refractivity (Wildman–Crippen MR) is 188 cm³/mol. The Hall–Kier alpha value is -5.68. The first-order valence-electron chi connectivity index (χ1n) is 15.2. The van der Waals surface area contributed by atoms with Crippen molar-refractivity contribution in [2.75, 3.05) is 10.6 Å². The fourth-order valence-electron chi connectivity index (χ4n) is 4.94. The van der Waals surface area contributed by atoms with Crippen LogP contribution in [-0.2, 0) is 16.6 Å². The molecule has 0 saturated heterocycles. The van der Waals surface area contributed by atoms with Gasteiger partial charge in [-0.3, -0.25) is 23.9 Å². The molecule has 9 nitrogen and oxygen atoms in total. The second-order valence-electron chi connectivity index (χ2n) is 10.8. The van der Waals surface area contributed by atoms with Crippen molar-refractivity contribution in [1.29, 1.82) is 0 Å². The quantitative estimate of drug-likeness (QED) is 0.110. The van der Waals surface area contributed by atoms with Crippen molar-refractivity contribution in [3.63, 3.8) is 0 Å². The number of thioether (sulfide) groups is 1. The Morgan fingerprint density at radius 1 is 0.875 bits per heavy atom. The molecule has 0 fully saturated rings. The molecule has 11 heteroatoms. The van der Waals surface area contributed by atoms with E-state index in [-0.39, 0.29) is 28.4 Å². The lowest BCUT2D eigenvalue weighted by atomic mass is 10.1. The summed E-state index contributed by atoms with van der Waals surface area (Å²) in [5.41, 5.74) is 1.87. The molecule has 1 heterocycles. The Kier molecular flexibility index (Phi) is 10.7. The van der Waals surface area contributed by atoms with Crippen LogP contribution >= 0.6 is 11.8 Å². The van der Waals surface area contributed by atoms with E-state index in [0.717, 1.165) is 0 Å². The Morgan fingerprint density at radius 3 is 2.23 bits per heavy atom. The number of hydrogen-bond donors (Lipinski definition) is 3. The number of nitrogens with zero attached hydrogens (tertiary/aromatic N) is 2. The molecule has 0 aliphatic heterocycles. The van der Waals surface area contributed by atoms with Crippen LogP contribution in [0.15, 0.2) is 125 Å². The number of amides is 3. The molecular weight excluding hydrogens is 630 g/mol. The molecule has 0 bridgehead atoms. The molecule has 244 valence electrons. The number of aromatic nitrogens is 2. The van der Waals surface area contributed by atoms with Gasteiger partial charge in [0.1, 0.15) is 17.2 Å². The maximum absolute atomic E-state index is 14.5. The van der Waals surface area contributed by atoms with Gasteiger partial charge in [-0.25, -0.2) is 9.07 Å². The maximum Gasteiger partial charge on any atom is 0.295 e. The zero-order chi connectivity index (χ0) is 34.2. The van der Waals surface area contributed by atoms with Crippen LogP contribution in [0, 0.1) is 12.7 Å². The van der Waals surface area contributed by atoms with Crippen molar-refractivity contribution in [1.82, 2.24) is 14.7 Å². The third-order valence-electron chi connectivity index (χ3n) is 7.57. The summed E-state index contributed by atoms with van der Waals surface area (Å²) in [6, 6.07) is 30.4. The van der Waals surface area contributed by atoms with E-state index in [4.69, 9.17) is 0 Å². The summed E-state index contributed by atoms with van der Waals surface area (Å²) in [7, 11) is 1.76. The number of para-hydroxylation sites is 1. The topological polar surface area (TPSA) is 114 Å². The van der Waals surface area contributed by atoms with Crippen molar-refractivity contribution in [2.45, 2.75) is 30.4 Å². The van der Waals surface area contributed by atoms with Crippen molar-refractivity contribution < 1.29 is 18.8 Å². The maximum atomic E-state index is 14.5. The SMILES string of the molecule is CCC(Sc1cccc(NC(=O)/C(=C/c2ccccc2F)NC(=O)c2ccccc2)c1)C(=O)Nc1c(C)n(C)n(-c2ccccc2)c1=O. The van der Waals surface area contributed by atoms with Gasteiger partial charge in [-0.15, -0.1) is 11.8 Å². The smallest absolute Gasteiger partial charge is 0.295 e. The molecule has 0 spiro atoms. The molecule has 1 unspecified atom stereocenters. The van der Waals surface area contributed by atoms with Crippen LogP contribution in [0.4, 0.5) is 15.8 Å². The average Bonchev–Trinajstić information content (AvgIpc) is 3.31. The summed E-state index contributed by atoms with van der Waals surface area (Å²) < 4.78 is 17.7. The van der Waals surface area contributed by atoms with Gasteiger partial charge in [-0.1, -0.05) is 67.6 Å². The summed E-state index contributed by atoms with van der Waals surface area (Å²) in [6.07, 6.45) is 1.74. The summed E-state index contributed by atoms with van der Waals surface area (Å²) in [4.78, 5) is 53.9. The van der Waals surface area contributed by atoms with Crippen molar-refractivity contribution >= 4 is 46.9 Å². The summed E-state index contributed by atoms with van der Waals surface area (Å²) >= 11 is 1.28. The number of rotatable bonds is 11. The van der Waals surface area contributed by atoms with Crippen LogP contribution in [0.5, 0.6) is 0 Å². The highest BCUT2D eigenvalue weighted by Gasteiger charge is 2.24. The van der Waals surface area contributed by atoms with Crippen molar-refractivity contribution in [3.05, 3.63) is 148 Å². The number of benzene rings is 4. The molecule has 1 atom stereocenters. The van der Waals surface area contributed by atoms with Gasteiger partial charge in [-0.2, -0.15) is 0 Å². The molecule has 0 aliphatic rings. The second-order valence-corrected chi connectivity index (χ2v) is 12.1. The van der Waals surface area contributed by atoms with Gasteiger partial charge in [0.2, 0.25) is 5.91 Å². The van der Waals surface area contributed by atoms with E-state index in [1.807, 2.05) is 37.3 Å². The minimum Gasteiger partial charge on any atom is -0.321 e. The Labute approximate surface area is 281 Å². The second kappa shape index (κ2) is 15.3. The first-order chi connectivity index (χ1) is 23.2. The minimum atomic E-state index is -0.663. The molecule has 3 amide bonds. The van der Waals surface area contributed by atoms with Crippen LogP contribution in [0.25, 0.3) is 11.8 Å². The summed E-state index contributed by atoms with van der Waals surface area (Å²) in [5.74, 6) is -2.08. The van der Waals surface area contributed by atoms with E-state index in [1.54, 1.807) is 79.3 Å². The molecule has 3 N–H and O–H groups in total. The fraction of sp³-hybridized carbons (Fsp3) is 0.135.